The number of carbonyl (C=O) groups excluding carboxylic acids is 1. The molecule has 3 heteroatoms. The van der Waals surface area contributed by atoms with Crippen molar-refractivity contribution in [1.29, 1.82) is 5.26 Å². The molecule has 0 spiro atoms. The Morgan fingerprint density at radius 1 is 1.13 bits per heavy atom. The Bertz CT molecular complexity index is 196. The van der Waals surface area contributed by atoms with Gasteiger partial charge in [0.1, 0.15) is 6.07 Å². The van der Waals surface area contributed by atoms with Gasteiger partial charge < -0.3 is 4.74 Å². The van der Waals surface area contributed by atoms with Crippen LogP contribution in [0.1, 0.15) is 58.3 Å². The van der Waals surface area contributed by atoms with Crippen LogP contribution in [-0.2, 0) is 9.53 Å². The maximum absolute atomic E-state index is 11.0. The zero-order valence-electron chi connectivity index (χ0n) is 9.63. The van der Waals surface area contributed by atoms with Gasteiger partial charge >= 0.3 is 5.97 Å². The molecule has 0 fully saturated rings. The van der Waals surface area contributed by atoms with E-state index in [1.165, 1.54) is 32.1 Å². The smallest absolute Gasteiger partial charge is 0.306 e. The van der Waals surface area contributed by atoms with Crippen molar-refractivity contribution in [3.63, 3.8) is 0 Å². The number of hydrogen-bond donors (Lipinski definition) is 0. The third-order valence-electron chi connectivity index (χ3n) is 2.28. The van der Waals surface area contributed by atoms with Crippen LogP contribution in [-0.4, -0.2) is 12.6 Å². The number of ether oxygens (including phenoxy) is 1. The van der Waals surface area contributed by atoms with Crippen molar-refractivity contribution in [3.05, 3.63) is 0 Å². The van der Waals surface area contributed by atoms with Gasteiger partial charge in [-0.25, -0.2) is 0 Å². The van der Waals surface area contributed by atoms with Crippen molar-refractivity contribution in [2.45, 2.75) is 58.3 Å². The molecule has 0 aromatic rings. The maximum atomic E-state index is 11.0. The molecular formula is C12H21NO2. The summed E-state index contributed by atoms with van der Waals surface area (Å²) in [6.45, 7) is 2.08. The monoisotopic (exact) mass is 211 g/mol. The second-order valence-electron chi connectivity index (χ2n) is 3.69. The molecule has 0 rings (SSSR count). The van der Waals surface area contributed by atoms with E-state index >= 15 is 0 Å². The van der Waals surface area contributed by atoms with Crippen molar-refractivity contribution in [2.24, 2.45) is 0 Å². The van der Waals surface area contributed by atoms with E-state index in [0.717, 1.165) is 12.8 Å². The fourth-order valence-corrected chi connectivity index (χ4v) is 1.41. The van der Waals surface area contributed by atoms with Gasteiger partial charge in [0, 0.05) is 6.42 Å². The summed E-state index contributed by atoms with van der Waals surface area (Å²) in [5.41, 5.74) is 0. The molecule has 0 heterocycles. The van der Waals surface area contributed by atoms with Crippen LogP contribution in [0.5, 0.6) is 0 Å². The van der Waals surface area contributed by atoms with E-state index in [-0.39, 0.29) is 12.6 Å². The highest BCUT2D eigenvalue weighted by Gasteiger charge is 2.01. The number of esters is 1. The topological polar surface area (TPSA) is 50.1 Å². The Morgan fingerprint density at radius 2 is 1.73 bits per heavy atom. The SMILES string of the molecule is CCCCCCCCCC(=O)OCC#N. The second-order valence-corrected chi connectivity index (χ2v) is 3.69. The van der Waals surface area contributed by atoms with Crippen LogP contribution >= 0.6 is 0 Å². The molecular weight excluding hydrogens is 190 g/mol. The van der Waals surface area contributed by atoms with Gasteiger partial charge in [0.25, 0.3) is 0 Å². The van der Waals surface area contributed by atoms with Gasteiger partial charge in [0.2, 0.25) is 0 Å². The maximum Gasteiger partial charge on any atom is 0.306 e. The first kappa shape index (κ1) is 14.0. The molecule has 0 aromatic heterocycles. The lowest BCUT2D eigenvalue weighted by atomic mass is 10.1. The van der Waals surface area contributed by atoms with Crippen LogP contribution in [0.2, 0.25) is 0 Å². The normalized spacial score (nSPS) is 9.60. The van der Waals surface area contributed by atoms with Crippen molar-refractivity contribution in [1.82, 2.24) is 0 Å². The molecule has 0 aliphatic rings. The predicted octanol–water partition coefficient (Wildman–Crippen LogP) is 3.19. The number of carbonyl (C=O) groups is 1. The standard InChI is InChI=1S/C12H21NO2/c1-2-3-4-5-6-7-8-9-12(14)15-11-10-13/h2-9,11H2,1H3. The Hall–Kier alpha value is -1.04. The molecule has 0 saturated carbocycles. The summed E-state index contributed by atoms with van der Waals surface area (Å²) in [6, 6.07) is 1.78. The molecule has 15 heavy (non-hydrogen) atoms. The van der Waals surface area contributed by atoms with Gasteiger partial charge in [-0.1, -0.05) is 45.4 Å². The molecule has 0 saturated heterocycles. The molecule has 0 aliphatic heterocycles. The first-order valence-corrected chi connectivity index (χ1v) is 5.83. The van der Waals surface area contributed by atoms with E-state index in [1.807, 2.05) is 0 Å². The van der Waals surface area contributed by atoms with Crippen LogP contribution in [0.25, 0.3) is 0 Å². The van der Waals surface area contributed by atoms with Crippen LogP contribution in [0, 0.1) is 11.3 Å². The molecule has 3 nitrogen and oxygen atoms in total. The minimum absolute atomic E-state index is 0.116. The lowest BCUT2D eigenvalue weighted by Gasteiger charge is -2.01. The summed E-state index contributed by atoms with van der Waals surface area (Å²) < 4.78 is 4.64. The molecule has 0 bridgehead atoms. The highest BCUT2D eigenvalue weighted by Crippen LogP contribution is 2.08. The van der Waals surface area contributed by atoms with Gasteiger partial charge in [-0.15, -0.1) is 0 Å². The van der Waals surface area contributed by atoms with Gasteiger partial charge in [0.15, 0.2) is 6.61 Å². The van der Waals surface area contributed by atoms with E-state index in [1.54, 1.807) is 6.07 Å². The molecule has 0 radical (unpaired) electrons. The highest BCUT2D eigenvalue weighted by molar-refractivity contribution is 5.69. The Balaban J connectivity index is 3.10. The summed E-state index contributed by atoms with van der Waals surface area (Å²) in [5, 5.41) is 8.18. The minimum atomic E-state index is -0.245. The second kappa shape index (κ2) is 11.0. The Kier molecular flexibility index (Phi) is 10.3. The Morgan fingerprint density at radius 3 is 2.33 bits per heavy atom. The summed E-state index contributed by atoms with van der Waals surface area (Å²) in [4.78, 5) is 11.0. The fraction of sp³-hybridized carbons (Fsp3) is 0.833. The van der Waals surface area contributed by atoms with Gasteiger partial charge in [-0.3, -0.25) is 4.79 Å². The lowest BCUT2D eigenvalue weighted by molar-refractivity contribution is -0.142. The third kappa shape index (κ3) is 10.9. The van der Waals surface area contributed by atoms with E-state index in [2.05, 4.69) is 11.7 Å². The number of nitriles is 1. The van der Waals surface area contributed by atoms with Gasteiger partial charge in [0.05, 0.1) is 0 Å². The van der Waals surface area contributed by atoms with Crippen LogP contribution in [0.15, 0.2) is 0 Å². The molecule has 0 atom stereocenters. The number of nitrogens with zero attached hydrogens (tertiary/aromatic N) is 1. The fourth-order valence-electron chi connectivity index (χ4n) is 1.41. The number of unbranched alkanes of at least 4 members (excludes halogenated alkanes) is 6. The van der Waals surface area contributed by atoms with Crippen LogP contribution in [0.3, 0.4) is 0 Å². The van der Waals surface area contributed by atoms with Gasteiger partial charge in [-0.2, -0.15) is 5.26 Å². The largest absolute Gasteiger partial charge is 0.450 e. The molecule has 86 valence electrons. The van der Waals surface area contributed by atoms with E-state index in [9.17, 15) is 4.79 Å². The predicted molar refractivity (Wildman–Crippen MR) is 59.2 cm³/mol. The zero-order chi connectivity index (χ0) is 11.4. The average Bonchev–Trinajstić information content (AvgIpc) is 2.25. The van der Waals surface area contributed by atoms with E-state index < -0.39 is 0 Å². The van der Waals surface area contributed by atoms with Crippen LogP contribution in [0.4, 0.5) is 0 Å². The summed E-state index contributed by atoms with van der Waals surface area (Å²) >= 11 is 0. The van der Waals surface area contributed by atoms with Crippen molar-refractivity contribution in [2.75, 3.05) is 6.61 Å². The molecule has 0 aromatic carbocycles. The van der Waals surface area contributed by atoms with Crippen molar-refractivity contribution < 1.29 is 9.53 Å². The third-order valence-corrected chi connectivity index (χ3v) is 2.28. The summed E-state index contributed by atoms with van der Waals surface area (Å²) in [5.74, 6) is -0.245. The van der Waals surface area contributed by atoms with E-state index in [0.29, 0.717) is 6.42 Å². The quantitative estimate of drug-likeness (QED) is 0.434. The van der Waals surface area contributed by atoms with Gasteiger partial charge in [-0.05, 0) is 6.42 Å². The summed E-state index contributed by atoms with van der Waals surface area (Å²) in [6.07, 6.45) is 8.77. The highest BCUT2D eigenvalue weighted by atomic mass is 16.5. The molecule has 0 N–H and O–H groups in total. The zero-order valence-corrected chi connectivity index (χ0v) is 9.63. The number of rotatable bonds is 9. The van der Waals surface area contributed by atoms with E-state index in [4.69, 9.17) is 5.26 Å². The lowest BCUT2D eigenvalue weighted by Crippen LogP contribution is -2.03. The minimum Gasteiger partial charge on any atom is -0.450 e. The van der Waals surface area contributed by atoms with Crippen molar-refractivity contribution in [3.8, 4) is 6.07 Å². The first-order valence-electron chi connectivity index (χ1n) is 5.83. The van der Waals surface area contributed by atoms with Crippen LogP contribution < -0.4 is 0 Å². The summed E-state index contributed by atoms with van der Waals surface area (Å²) in [7, 11) is 0. The average molecular weight is 211 g/mol. The number of hydrogen-bond acceptors (Lipinski definition) is 3. The first-order chi connectivity index (χ1) is 7.31. The molecule has 0 unspecified atom stereocenters. The molecule has 0 amide bonds. The molecule has 0 aliphatic carbocycles. The Labute approximate surface area is 92.4 Å². The van der Waals surface area contributed by atoms with Crippen molar-refractivity contribution >= 4 is 5.97 Å².